The van der Waals surface area contributed by atoms with Crippen LogP contribution >= 0.6 is 15.9 Å². The van der Waals surface area contributed by atoms with Crippen LogP contribution in [0.5, 0.6) is 0 Å². The van der Waals surface area contributed by atoms with Crippen LogP contribution in [0.15, 0.2) is 34.8 Å². The van der Waals surface area contributed by atoms with Crippen LogP contribution in [0.4, 0.5) is 4.79 Å². The molecule has 0 spiro atoms. The SMILES string of the molecule is CC(C)(C)OC(=O)N1CCOC[C@H]1c1nc2c(ccc3cc(Br)ccc32)[nH]1. The fraction of sp³-hybridized carbons (Fsp3) is 0.400. The van der Waals surface area contributed by atoms with E-state index in [1.165, 1.54) is 0 Å². The number of nitrogens with zero attached hydrogens (tertiary/aromatic N) is 2. The maximum atomic E-state index is 12.7. The number of amides is 1. The molecule has 3 aromatic rings. The van der Waals surface area contributed by atoms with E-state index in [2.05, 4.69) is 39.1 Å². The lowest BCUT2D eigenvalue weighted by Crippen LogP contribution is -2.46. The maximum absolute atomic E-state index is 12.7. The van der Waals surface area contributed by atoms with Crippen molar-refractivity contribution in [3.63, 3.8) is 0 Å². The summed E-state index contributed by atoms with van der Waals surface area (Å²) in [6, 6.07) is 9.91. The van der Waals surface area contributed by atoms with Crippen LogP contribution in [0.2, 0.25) is 0 Å². The van der Waals surface area contributed by atoms with E-state index >= 15 is 0 Å². The van der Waals surface area contributed by atoms with Crippen LogP contribution in [-0.4, -0.2) is 46.3 Å². The summed E-state index contributed by atoms with van der Waals surface area (Å²) in [5.74, 6) is 0.714. The minimum Gasteiger partial charge on any atom is -0.444 e. The Bertz CT molecular complexity index is 1010. The number of morpholine rings is 1. The minimum absolute atomic E-state index is 0.300. The number of imidazole rings is 1. The molecule has 2 aromatic carbocycles. The number of aromatic amines is 1. The highest BCUT2D eigenvalue weighted by atomic mass is 79.9. The van der Waals surface area contributed by atoms with Crippen molar-refractivity contribution in [3.05, 3.63) is 40.6 Å². The number of rotatable bonds is 1. The average Bonchev–Trinajstić information content (AvgIpc) is 3.04. The van der Waals surface area contributed by atoms with Gasteiger partial charge in [0.05, 0.1) is 24.2 Å². The topological polar surface area (TPSA) is 67.4 Å². The molecule has 1 aliphatic rings. The molecule has 27 heavy (non-hydrogen) atoms. The van der Waals surface area contributed by atoms with Crippen molar-refractivity contribution < 1.29 is 14.3 Å². The third-order valence-electron chi connectivity index (χ3n) is 4.52. The Morgan fingerprint density at radius 1 is 1.33 bits per heavy atom. The Morgan fingerprint density at radius 2 is 2.15 bits per heavy atom. The van der Waals surface area contributed by atoms with E-state index in [1.807, 2.05) is 32.9 Å². The van der Waals surface area contributed by atoms with Crippen molar-refractivity contribution in [2.75, 3.05) is 19.8 Å². The standard InChI is InChI=1S/C20H22BrN3O3/c1-20(2,3)27-19(25)24-8-9-26-11-16(24)18-22-15-7-4-12-10-13(21)5-6-14(12)17(15)23-18/h4-7,10,16H,8-9,11H2,1-3H3,(H,22,23)/t16-/m0/s1. The number of hydrogen-bond donors (Lipinski definition) is 1. The van der Waals surface area contributed by atoms with Crippen LogP contribution < -0.4 is 0 Å². The number of carbonyl (C=O) groups excluding carboxylic acids is 1. The van der Waals surface area contributed by atoms with Gasteiger partial charge in [-0.15, -0.1) is 0 Å². The number of ether oxygens (including phenoxy) is 2. The largest absolute Gasteiger partial charge is 0.444 e. The summed E-state index contributed by atoms with van der Waals surface area (Å²) in [7, 11) is 0. The average molecular weight is 432 g/mol. The molecule has 2 heterocycles. The van der Waals surface area contributed by atoms with Crippen molar-refractivity contribution in [1.82, 2.24) is 14.9 Å². The third-order valence-corrected chi connectivity index (χ3v) is 5.01. The summed E-state index contributed by atoms with van der Waals surface area (Å²) < 4.78 is 12.2. The molecule has 1 atom stereocenters. The van der Waals surface area contributed by atoms with Crippen molar-refractivity contribution in [3.8, 4) is 0 Å². The number of fused-ring (bicyclic) bond motifs is 3. The molecule has 6 nitrogen and oxygen atoms in total. The highest BCUT2D eigenvalue weighted by Gasteiger charge is 2.34. The van der Waals surface area contributed by atoms with Gasteiger partial charge in [0.15, 0.2) is 0 Å². The first-order valence-electron chi connectivity index (χ1n) is 8.97. The predicted molar refractivity (Wildman–Crippen MR) is 108 cm³/mol. The molecule has 4 rings (SSSR count). The smallest absolute Gasteiger partial charge is 0.411 e. The summed E-state index contributed by atoms with van der Waals surface area (Å²) in [5, 5.41) is 2.18. The van der Waals surface area contributed by atoms with Gasteiger partial charge >= 0.3 is 6.09 Å². The van der Waals surface area contributed by atoms with Crippen molar-refractivity contribution in [2.45, 2.75) is 32.4 Å². The van der Waals surface area contributed by atoms with E-state index in [-0.39, 0.29) is 12.1 Å². The van der Waals surface area contributed by atoms with Gasteiger partial charge < -0.3 is 14.5 Å². The Hall–Kier alpha value is -2.12. The monoisotopic (exact) mass is 431 g/mol. The second-order valence-corrected chi connectivity index (χ2v) is 8.63. The number of hydrogen-bond acceptors (Lipinski definition) is 4. The van der Waals surface area contributed by atoms with E-state index < -0.39 is 5.60 Å². The minimum atomic E-state index is -0.544. The zero-order chi connectivity index (χ0) is 19.2. The van der Waals surface area contributed by atoms with Gasteiger partial charge in [0.1, 0.15) is 17.5 Å². The maximum Gasteiger partial charge on any atom is 0.411 e. The molecule has 7 heteroatoms. The van der Waals surface area contributed by atoms with Gasteiger partial charge in [-0.1, -0.05) is 28.1 Å². The molecule has 1 saturated heterocycles. The van der Waals surface area contributed by atoms with Gasteiger partial charge in [-0.05, 0) is 44.4 Å². The summed E-state index contributed by atoms with van der Waals surface area (Å²) >= 11 is 3.51. The molecule has 1 N–H and O–H groups in total. The molecule has 1 fully saturated rings. The lowest BCUT2D eigenvalue weighted by atomic mass is 10.1. The van der Waals surface area contributed by atoms with E-state index in [4.69, 9.17) is 14.5 Å². The summed E-state index contributed by atoms with van der Waals surface area (Å²) in [4.78, 5) is 22.6. The highest BCUT2D eigenvalue weighted by Crippen LogP contribution is 2.30. The number of benzene rings is 2. The Balaban J connectivity index is 1.73. The molecule has 1 amide bonds. The molecular weight excluding hydrogens is 410 g/mol. The van der Waals surface area contributed by atoms with E-state index in [0.717, 1.165) is 26.3 Å². The van der Waals surface area contributed by atoms with Crippen LogP contribution in [0, 0.1) is 0 Å². The number of H-pyrrole nitrogens is 1. The van der Waals surface area contributed by atoms with Gasteiger partial charge in [0, 0.05) is 16.4 Å². The quantitative estimate of drug-likeness (QED) is 0.601. The van der Waals surface area contributed by atoms with Crippen molar-refractivity contribution in [1.29, 1.82) is 0 Å². The van der Waals surface area contributed by atoms with Gasteiger partial charge in [-0.2, -0.15) is 0 Å². The first kappa shape index (κ1) is 18.3. The molecule has 0 bridgehead atoms. The molecular formula is C20H22BrN3O3. The molecule has 0 unspecified atom stereocenters. The summed E-state index contributed by atoms with van der Waals surface area (Å²) in [6.45, 7) is 6.96. The van der Waals surface area contributed by atoms with Crippen LogP contribution in [-0.2, 0) is 9.47 Å². The van der Waals surface area contributed by atoms with Crippen LogP contribution in [0.3, 0.4) is 0 Å². The Kier molecular flexibility index (Phi) is 4.60. The van der Waals surface area contributed by atoms with Gasteiger partial charge in [-0.25, -0.2) is 9.78 Å². The number of carbonyl (C=O) groups is 1. The Morgan fingerprint density at radius 3 is 2.93 bits per heavy atom. The normalized spacial score (nSPS) is 18.2. The number of halogens is 1. The molecule has 0 saturated carbocycles. The Labute approximate surface area is 166 Å². The lowest BCUT2D eigenvalue weighted by molar-refractivity contribution is -0.0348. The summed E-state index contributed by atoms with van der Waals surface area (Å²) in [5.41, 5.74) is 1.29. The first-order chi connectivity index (χ1) is 12.8. The first-order valence-corrected chi connectivity index (χ1v) is 9.76. The number of nitrogens with one attached hydrogen (secondary N) is 1. The molecule has 0 radical (unpaired) electrons. The number of aromatic nitrogens is 2. The summed E-state index contributed by atoms with van der Waals surface area (Å²) in [6.07, 6.45) is -0.343. The molecule has 1 aliphatic heterocycles. The fourth-order valence-electron chi connectivity index (χ4n) is 3.32. The molecule has 142 valence electrons. The predicted octanol–water partition coefficient (Wildman–Crippen LogP) is 4.79. The lowest BCUT2D eigenvalue weighted by Gasteiger charge is -2.35. The second-order valence-electron chi connectivity index (χ2n) is 7.71. The van der Waals surface area contributed by atoms with Crippen LogP contribution in [0.1, 0.15) is 32.6 Å². The van der Waals surface area contributed by atoms with E-state index in [0.29, 0.717) is 25.6 Å². The molecule has 0 aliphatic carbocycles. The fourth-order valence-corrected chi connectivity index (χ4v) is 3.70. The van der Waals surface area contributed by atoms with Gasteiger partial charge in [-0.3, -0.25) is 4.90 Å². The van der Waals surface area contributed by atoms with E-state index in [1.54, 1.807) is 4.90 Å². The zero-order valence-electron chi connectivity index (χ0n) is 15.6. The molecule has 1 aromatic heterocycles. The van der Waals surface area contributed by atoms with Crippen LogP contribution in [0.25, 0.3) is 21.8 Å². The van der Waals surface area contributed by atoms with Gasteiger partial charge in [0.25, 0.3) is 0 Å². The zero-order valence-corrected chi connectivity index (χ0v) is 17.2. The third kappa shape index (κ3) is 3.66. The van der Waals surface area contributed by atoms with E-state index in [9.17, 15) is 4.79 Å². The van der Waals surface area contributed by atoms with Crippen molar-refractivity contribution >= 4 is 43.8 Å². The van der Waals surface area contributed by atoms with Gasteiger partial charge in [0.2, 0.25) is 0 Å². The van der Waals surface area contributed by atoms with Crippen molar-refractivity contribution in [2.24, 2.45) is 0 Å². The second kappa shape index (κ2) is 6.80. The highest BCUT2D eigenvalue weighted by molar-refractivity contribution is 9.10.